The molecule has 1 amide bonds. The highest BCUT2D eigenvalue weighted by Gasteiger charge is 2.36. The molecule has 2 saturated carbocycles. The highest BCUT2D eigenvalue weighted by atomic mass is 16.4. The Morgan fingerprint density at radius 3 is 2.20 bits per heavy atom. The van der Waals surface area contributed by atoms with Crippen LogP contribution in [0.15, 0.2) is 0 Å². The number of carboxylic acids is 1. The molecule has 1 saturated heterocycles. The molecule has 0 aromatic rings. The standard InChI is InChI=1S/C15H24N2O3/c18-14(16-7-5-12(6-8-16)15(19)20)10-17(13-3-4-13)9-11-1-2-11/h11-13H,1-10H2,(H,19,20). The van der Waals surface area contributed by atoms with Gasteiger partial charge in [-0.25, -0.2) is 0 Å². The minimum atomic E-state index is -0.717. The number of carbonyl (C=O) groups is 2. The lowest BCUT2D eigenvalue weighted by molar-refractivity contribution is -0.146. The molecule has 20 heavy (non-hydrogen) atoms. The summed E-state index contributed by atoms with van der Waals surface area (Å²) in [6.07, 6.45) is 6.32. The van der Waals surface area contributed by atoms with Crippen molar-refractivity contribution in [1.82, 2.24) is 9.80 Å². The van der Waals surface area contributed by atoms with Gasteiger partial charge in [0.2, 0.25) is 5.91 Å². The topological polar surface area (TPSA) is 60.9 Å². The number of rotatable bonds is 6. The molecule has 1 aliphatic heterocycles. The first kappa shape index (κ1) is 13.9. The van der Waals surface area contributed by atoms with E-state index in [4.69, 9.17) is 5.11 Å². The van der Waals surface area contributed by atoms with Gasteiger partial charge in [-0.15, -0.1) is 0 Å². The number of aliphatic carboxylic acids is 1. The molecule has 0 atom stereocenters. The van der Waals surface area contributed by atoms with Gasteiger partial charge in [-0.1, -0.05) is 0 Å². The minimum absolute atomic E-state index is 0.196. The van der Waals surface area contributed by atoms with E-state index < -0.39 is 5.97 Å². The maximum absolute atomic E-state index is 12.4. The van der Waals surface area contributed by atoms with Crippen LogP contribution in [-0.2, 0) is 9.59 Å². The number of carbonyl (C=O) groups excluding carboxylic acids is 1. The van der Waals surface area contributed by atoms with Crippen LogP contribution in [0.25, 0.3) is 0 Å². The van der Waals surface area contributed by atoms with Crippen LogP contribution >= 0.6 is 0 Å². The third kappa shape index (κ3) is 3.51. The normalized spacial score (nSPS) is 24.1. The predicted molar refractivity (Wildman–Crippen MR) is 74.3 cm³/mol. The molecule has 0 bridgehead atoms. The summed E-state index contributed by atoms with van der Waals surface area (Å²) in [5.41, 5.74) is 0. The number of nitrogens with zero attached hydrogens (tertiary/aromatic N) is 2. The zero-order chi connectivity index (χ0) is 14.1. The van der Waals surface area contributed by atoms with Crippen molar-refractivity contribution >= 4 is 11.9 Å². The SMILES string of the molecule is O=C(O)C1CCN(C(=O)CN(CC2CC2)C2CC2)CC1. The summed E-state index contributed by atoms with van der Waals surface area (Å²) in [5, 5.41) is 8.98. The number of piperidine rings is 1. The van der Waals surface area contributed by atoms with Crippen LogP contribution < -0.4 is 0 Å². The van der Waals surface area contributed by atoms with E-state index in [2.05, 4.69) is 4.90 Å². The van der Waals surface area contributed by atoms with Gasteiger partial charge in [0.1, 0.15) is 0 Å². The lowest BCUT2D eigenvalue weighted by Crippen LogP contribution is -2.46. The van der Waals surface area contributed by atoms with E-state index in [1.807, 2.05) is 4.90 Å². The van der Waals surface area contributed by atoms with E-state index in [1.165, 1.54) is 25.7 Å². The van der Waals surface area contributed by atoms with Gasteiger partial charge in [-0.3, -0.25) is 14.5 Å². The van der Waals surface area contributed by atoms with Crippen molar-refractivity contribution < 1.29 is 14.7 Å². The van der Waals surface area contributed by atoms with Gasteiger partial charge in [-0.05, 0) is 44.4 Å². The lowest BCUT2D eigenvalue weighted by Gasteiger charge is -2.32. The summed E-state index contributed by atoms with van der Waals surface area (Å²) in [4.78, 5) is 27.5. The van der Waals surface area contributed by atoms with Crippen molar-refractivity contribution in [3.8, 4) is 0 Å². The average Bonchev–Trinajstić information content (AvgIpc) is 3.30. The summed E-state index contributed by atoms with van der Waals surface area (Å²) in [7, 11) is 0. The fourth-order valence-corrected chi connectivity index (χ4v) is 3.06. The summed E-state index contributed by atoms with van der Waals surface area (Å²) in [6.45, 7) is 2.84. The van der Waals surface area contributed by atoms with Crippen LogP contribution in [0.3, 0.4) is 0 Å². The molecule has 3 aliphatic rings. The fraction of sp³-hybridized carbons (Fsp3) is 0.867. The average molecular weight is 280 g/mol. The Morgan fingerprint density at radius 1 is 1.05 bits per heavy atom. The monoisotopic (exact) mass is 280 g/mol. The zero-order valence-corrected chi connectivity index (χ0v) is 12.0. The largest absolute Gasteiger partial charge is 0.481 e. The number of hydrogen-bond donors (Lipinski definition) is 1. The Labute approximate surface area is 119 Å². The van der Waals surface area contributed by atoms with Crippen molar-refractivity contribution in [2.24, 2.45) is 11.8 Å². The number of hydrogen-bond acceptors (Lipinski definition) is 3. The van der Waals surface area contributed by atoms with Crippen molar-refractivity contribution in [2.45, 2.75) is 44.6 Å². The van der Waals surface area contributed by atoms with Gasteiger partial charge < -0.3 is 10.0 Å². The molecule has 1 N–H and O–H groups in total. The van der Waals surface area contributed by atoms with Crippen molar-refractivity contribution in [2.75, 3.05) is 26.2 Å². The molecule has 0 unspecified atom stereocenters. The molecular weight excluding hydrogens is 256 g/mol. The minimum Gasteiger partial charge on any atom is -0.481 e. The first-order chi connectivity index (χ1) is 9.63. The zero-order valence-electron chi connectivity index (χ0n) is 12.0. The molecule has 0 aromatic heterocycles. The lowest BCUT2D eigenvalue weighted by atomic mass is 9.97. The van der Waals surface area contributed by atoms with E-state index in [0.717, 1.165) is 12.5 Å². The highest BCUT2D eigenvalue weighted by Crippen LogP contribution is 2.34. The van der Waals surface area contributed by atoms with Crippen LogP contribution in [0, 0.1) is 11.8 Å². The summed E-state index contributed by atoms with van der Waals surface area (Å²) in [5.74, 6) is 0.0398. The summed E-state index contributed by atoms with van der Waals surface area (Å²) in [6, 6.07) is 0.635. The Hall–Kier alpha value is -1.10. The molecule has 0 spiro atoms. The number of amides is 1. The maximum Gasteiger partial charge on any atom is 0.306 e. The van der Waals surface area contributed by atoms with Crippen molar-refractivity contribution in [3.05, 3.63) is 0 Å². The van der Waals surface area contributed by atoms with Crippen LogP contribution in [0.1, 0.15) is 38.5 Å². The fourth-order valence-electron chi connectivity index (χ4n) is 3.06. The van der Waals surface area contributed by atoms with E-state index >= 15 is 0 Å². The second-order valence-corrected chi connectivity index (χ2v) is 6.60. The third-order valence-electron chi connectivity index (χ3n) is 4.79. The first-order valence-corrected chi connectivity index (χ1v) is 7.88. The van der Waals surface area contributed by atoms with Crippen molar-refractivity contribution in [3.63, 3.8) is 0 Å². The number of carboxylic acid groups (broad SMARTS) is 1. The van der Waals surface area contributed by atoms with Gasteiger partial charge in [-0.2, -0.15) is 0 Å². The predicted octanol–water partition coefficient (Wildman–Crippen LogP) is 1.18. The van der Waals surface area contributed by atoms with E-state index in [-0.39, 0.29) is 11.8 Å². The van der Waals surface area contributed by atoms with Crippen LogP contribution in [-0.4, -0.2) is 59.0 Å². The molecule has 5 nitrogen and oxygen atoms in total. The second-order valence-electron chi connectivity index (χ2n) is 6.60. The molecule has 0 aromatic carbocycles. The van der Waals surface area contributed by atoms with Crippen LogP contribution in [0.2, 0.25) is 0 Å². The van der Waals surface area contributed by atoms with Gasteiger partial charge in [0.05, 0.1) is 12.5 Å². The van der Waals surface area contributed by atoms with E-state index in [0.29, 0.717) is 38.5 Å². The Balaban J connectivity index is 1.47. The van der Waals surface area contributed by atoms with Gasteiger partial charge in [0.25, 0.3) is 0 Å². The molecule has 3 rings (SSSR count). The summed E-state index contributed by atoms with van der Waals surface area (Å²) >= 11 is 0. The third-order valence-corrected chi connectivity index (χ3v) is 4.79. The van der Waals surface area contributed by atoms with Gasteiger partial charge in [0, 0.05) is 25.7 Å². The first-order valence-electron chi connectivity index (χ1n) is 7.88. The number of likely N-dealkylation sites (tertiary alicyclic amines) is 1. The van der Waals surface area contributed by atoms with Crippen LogP contribution in [0.5, 0.6) is 0 Å². The van der Waals surface area contributed by atoms with E-state index in [9.17, 15) is 9.59 Å². The maximum atomic E-state index is 12.4. The van der Waals surface area contributed by atoms with Gasteiger partial charge in [0.15, 0.2) is 0 Å². The molecular formula is C15H24N2O3. The molecule has 3 fully saturated rings. The van der Waals surface area contributed by atoms with E-state index in [1.54, 1.807) is 0 Å². The molecule has 2 aliphatic carbocycles. The highest BCUT2D eigenvalue weighted by molar-refractivity contribution is 5.79. The molecule has 1 heterocycles. The van der Waals surface area contributed by atoms with Crippen molar-refractivity contribution in [1.29, 1.82) is 0 Å². The Kier molecular flexibility index (Phi) is 3.96. The summed E-state index contributed by atoms with van der Waals surface area (Å²) < 4.78 is 0. The Morgan fingerprint density at radius 2 is 1.70 bits per heavy atom. The smallest absolute Gasteiger partial charge is 0.306 e. The van der Waals surface area contributed by atoms with Crippen LogP contribution in [0.4, 0.5) is 0 Å². The second kappa shape index (κ2) is 5.72. The Bertz CT molecular complexity index is 383. The quantitative estimate of drug-likeness (QED) is 0.794. The van der Waals surface area contributed by atoms with Gasteiger partial charge >= 0.3 is 5.97 Å². The molecule has 5 heteroatoms. The molecule has 0 radical (unpaired) electrons. The molecule has 112 valence electrons.